The molecule has 0 aliphatic carbocycles. The van der Waals surface area contributed by atoms with Crippen LogP contribution in [0.3, 0.4) is 0 Å². The van der Waals surface area contributed by atoms with Crippen LogP contribution in [-0.2, 0) is 4.74 Å². The number of carbonyl (C=O) groups is 1. The zero-order chi connectivity index (χ0) is 19.7. The third-order valence-corrected chi connectivity index (χ3v) is 5.51. The standard InChI is InChI=1S/C20H24N4O4/c1-12-18(22-11-23-19(12)28-17-5-4-8-21-13(17)2)27-16-9-14-6-7-15(10-16)24(14)20(25)26-3/h4-5,8,11,14-16H,6-7,9-10H2,1-3H3. The molecule has 0 radical (unpaired) electrons. The number of methoxy groups -OCH3 is 1. The van der Waals surface area contributed by atoms with E-state index in [0.717, 1.165) is 36.9 Å². The fourth-order valence-electron chi connectivity index (χ4n) is 4.11. The summed E-state index contributed by atoms with van der Waals surface area (Å²) in [6, 6.07) is 3.99. The van der Waals surface area contributed by atoms with Gasteiger partial charge in [0.15, 0.2) is 5.75 Å². The van der Waals surface area contributed by atoms with Gasteiger partial charge in [0.25, 0.3) is 0 Å². The molecule has 2 fully saturated rings. The van der Waals surface area contributed by atoms with Crippen molar-refractivity contribution in [1.29, 1.82) is 0 Å². The normalized spacial score (nSPS) is 23.4. The lowest BCUT2D eigenvalue weighted by molar-refractivity contribution is 0.0396. The molecule has 0 spiro atoms. The van der Waals surface area contributed by atoms with Crippen LogP contribution < -0.4 is 9.47 Å². The van der Waals surface area contributed by atoms with E-state index in [2.05, 4.69) is 15.0 Å². The van der Waals surface area contributed by atoms with Gasteiger partial charge in [0.05, 0.1) is 18.4 Å². The molecule has 4 rings (SSSR count). The predicted octanol–water partition coefficient (Wildman–Crippen LogP) is 3.42. The van der Waals surface area contributed by atoms with Crippen molar-refractivity contribution < 1.29 is 19.0 Å². The highest BCUT2D eigenvalue weighted by Crippen LogP contribution is 2.38. The minimum atomic E-state index is -0.244. The molecule has 2 aromatic rings. The fourth-order valence-corrected chi connectivity index (χ4v) is 4.11. The highest BCUT2D eigenvalue weighted by atomic mass is 16.5. The lowest BCUT2D eigenvalue weighted by Crippen LogP contribution is -2.49. The van der Waals surface area contributed by atoms with E-state index in [1.165, 1.54) is 13.4 Å². The molecule has 2 aliphatic heterocycles. The Kier molecular flexibility index (Phi) is 5.02. The second kappa shape index (κ2) is 7.61. The van der Waals surface area contributed by atoms with Gasteiger partial charge in [-0.3, -0.25) is 4.98 Å². The number of fused-ring (bicyclic) bond motifs is 2. The van der Waals surface area contributed by atoms with E-state index in [4.69, 9.17) is 14.2 Å². The smallest absolute Gasteiger partial charge is 0.409 e. The third kappa shape index (κ3) is 3.46. The molecule has 8 nitrogen and oxygen atoms in total. The van der Waals surface area contributed by atoms with E-state index in [1.807, 2.05) is 30.9 Å². The van der Waals surface area contributed by atoms with Gasteiger partial charge in [-0.1, -0.05) is 0 Å². The molecule has 2 bridgehead atoms. The minimum absolute atomic E-state index is 0.0000146. The molecule has 148 valence electrons. The summed E-state index contributed by atoms with van der Waals surface area (Å²) in [5.41, 5.74) is 1.53. The van der Waals surface area contributed by atoms with Gasteiger partial charge in [0.1, 0.15) is 12.4 Å². The number of piperidine rings is 1. The van der Waals surface area contributed by atoms with Crippen LogP contribution in [0.25, 0.3) is 0 Å². The summed E-state index contributed by atoms with van der Waals surface area (Å²) in [5.74, 6) is 1.62. The number of pyridine rings is 1. The maximum absolute atomic E-state index is 12.0. The van der Waals surface area contributed by atoms with Crippen LogP contribution >= 0.6 is 0 Å². The molecule has 2 aliphatic rings. The summed E-state index contributed by atoms with van der Waals surface area (Å²) in [7, 11) is 1.43. The van der Waals surface area contributed by atoms with Gasteiger partial charge in [-0.15, -0.1) is 0 Å². The van der Waals surface area contributed by atoms with Gasteiger partial charge in [-0.2, -0.15) is 0 Å². The van der Waals surface area contributed by atoms with E-state index in [-0.39, 0.29) is 24.3 Å². The molecule has 2 atom stereocenters. The number of rotatable bonds is 4. The van der Waals surface area contributed by atoms with Crippen molar-refractivity contribution in [3.05, 3.63) is 35.9 Å². The molecule has 2 saturated heterocycles. The number of hydrogen-bond donors (Lipinski definition) is 0. The van der Waals surface area contributed by atoms with E-state index in [0.29, 0.717) is 17.5 Å². The molecule has 0 N–H and O–H groups in total. The summed E-state index contributed by atoms with van der Waals surface area (Å²) in [6.45, 7) is 3.77. The third-order valence-electron chi connectivity index (χ3n) is 5.51. The Bertz CT molecular complexity index is 861. The highest BCUT2D eigenvalue weighted by molar-refractivity contribution is 5.69. The first-order valence-electron chi connectivity index (χ1n) is 9.50. The van der Waals surface area contributed by atoms with Gasteiger partial charge in [-0.25, -0.2) is 14.8 Å². The molecule has 2 unspecified atom stereocenters. The number of amides is 1. The molecular formula is C20H24N4O4. The van der Waals surface area contributed by atoms with E-state index in [9.17, 15) is 4.79 Å². The summed E-state index contributed by atoms with van der Waals surface area (Å²) in [4.78, 5) is 26.7. The quantitative estimate of drug-likeness (QED) is 0.798. The maximum atomic E-state index is 12.0. The van der Waals surface area contributed by atoms with Crippen molar-refractivity contribution in [3.63, 3.8) is 0 Å². The Balaban J connectivity index is 1.48. The van der Waals surface area contributed by atoms with Crippen LogP contribution in [0.1, 0.15) is 36.9 Å². The van der Waals surface area contributed by atoms with Crippen molar-refractivity contribution in [3.8, 4) is 17.5 Å². The monoisotopic (exact) mass is 384 g/mol. The maximum Gasteiger partial charge on any atom is 0.409 e. The summed E-state index contributed by atoms with van der Waals surface area (Å²) < 4.78 is 17.1. The molecule has 2 aromatic heterocycles. The number of nitrogens with zero attached hydrogens (tertiary/aromatic N) is 4. The number of ether oxygens (including phenoxy) is 3. The molecule has 4 heterocycles. The first kappa shape index (κ1) is 18.5. The number of aryl methyl sites for hydroxylation is 1. The van der Waals surface area contributed by atoms with E-state index in [1.54, 1.807) is 6.20 Å². The second-order valence-corrected chi connectivity index (χ2v) is 7.27. The van der Waals surface area contributed by atoms with Crippen molar-refractivity contribution in [2.45, 2.75) is 57.7 Å². The summed E-state index contributed by atoms with van der Waals surface area (Å²) >= 11 is 0. The predicted molar refractivity (Wildman–Crippen MR) is 101 cm³/mol. The van der Waals surface area contributed by atoms with Gasteiger partial charge in [0.2, 0.25) is 11.8 Å². The molecular weight excluding hydrogens is 360 g/mol. The Morgan fingerprint density at radius 2 is 1.82 bits per heavy atom. The summed E-state index contributed by atoms with van der Waals surface area (Å²) in [6.07, 6.45) is 6.43. The van der Waals surface area contributed by atoms with Crippen molar-refractivity contribution in [2.24, 2.45) is 0 Å². The van der Waals surface area contributed by atoms with Crippen LogP contribution in [0.15, 0.2) is 24.7 Å². The van der Waals surface area contributed by atoms with Crippen LogP contribution in [-0.4, -0.2) is 51.2 Å². The summed E-state index contributed by atoms with van der Waals surface area (Å²) in [5, 5.41) is 0. The molecule has 8 heteroatoms. The minimum Gasteiger partial charge on any atom is -0.474 e. The largest absolute Gasteiger partial charge is 0.474 e. The Morgan fingerprint density at radius 3 is 2.50 bits per heavy atom. The van der Waals surface area contributed by atoms with Crippen LogP contribution in [0.5, 0.6) is 17.5 Å². The van der Waals surface area contributed by atoms with Crippen molar-refractivity contribution in [2.75, 3.05) is 7.11 Å². The van der Waals surface area contributed by atoms with Crippen LogP contribution in [0.2, 0.25) is 0 Å². The molecule has 1 amide bonds. The highest BCUT2D eigenvalue weighted by Gasteiger charge is 2.44. The Morgan fingerprint density at radius 1 is 1.11 bits per heavy atom. The molecule has 0 saturated carbocycles. The lowest BCUT2D eigenvalue weighted by atomic mass is 10.0. The van der Waals surface area contributed by atoms with Gasteiger partial charge in [-0.05, 0) is 38.8 Å². The zero-order valence-electron chi connectivity index (χ0n) is 16.3. The number of carbonyl (C=O) groups excluding carboxylic acids is 1. The average molecular weight is 384 g/mol. The molecule has 0 aromatic carbocycles. The van der Waals surface area contributed by atoms with Gasteiger partial charge >= 0.3 is 6.09 Å². The average Bonchev–Trinajstić information content (AvgIpc) is 2.96. The fraction of sp³-hybridized carbons (Fsp3) is 0.500. The lowest BCUT2D eigenvalue weighted by Gasteiger charge is -2.37. The van der Waals surface area contributed by atoms with Crippen LogP contribution in [0, 0.1) is 13.8 Å². The van der Waals surface area contributed by atoms with Crippen molar-refractivity contribution >= 4 is 6.09 Å². The topological polar surface area (TPSA) is 86.7 Å². The van der Waals surface area contributed by atoms with Crippen LogP contribution in [0.4, 0.5) is 4.79 Å². The number of hydrogen-bond acceptors (Lipinski definition) is 7. The van der Waals surface area contributed by atoms with Gasteiger partial charge in [0, 0.05) is 31.1 Å². The van der Waals surface area contributed by atoms with Crippen molar-refractivity contribution in [1.82, 2.24) is 19.9 Å². The second-order valence-electron chi connectivity index (χ2n) is 7.27. The first-order valence-corrected chi connectivity index (χ1v) is 9.50. The number of aromatic nitrogens is 3. The Hall–Kier alpha value is -2.90. The Labute approximate surface area is 163 Å². The van der Waals surface area contributed by atoms with Gasteiger partial charge < -0.3 is 19.1 Å². The first-order chi connectivity index (χ1) is 13.6. The molecule has 28 heavy (non-hydrogen) atoms. The van der Waals surface area contributed by atoms with E-state index < -0.39 is 0 Å². The SMILES string of the molecule is COC(=O)N1C2CCC1CC(Oc1ncnc(Oc3cccnc3C)c1C)C2. The van der Waals surface area contributed by atoms with E-state index >= 15 is 0 Å². The zero-order valence-corrected chi connectivity index (χ0v) is 16.3.